The van der Waals surface area contributed by atoms with Crippen LogP contribution in [-0.2, 0) is 4.74 Å². The highest BCUT2D eigenvalue weighted by Crippen LogP contribution is 2.30. The number of halogens is 3. The van der Waals surface area contributed by atoms with E-state index in [2.05, 4.69) is 5.32 Å². The molecule has 1 saturated carbocycles. The van der Waals surface area contributed by atoms with Crippen LogP contribution >= 0.6 is 0 Å². The molecule has 0 aromatic heterocycles. The van der Waals surface area contributed by atoms with Crippen LogP contribution in [0, 0.1) is 11.8 Å². The van der Waals surface area contributed by atoms with Gasteiger partial charge in [-0.3, -0.25) is 0 Å². The van der Waals surface area contributed by atoms with Crippen LogP contribution in [0.4, 0.5) is 13.2 Å². The monoisotopic (exact) mass is 268 g/mol. The van der Waals surface area contributed by atoms with Gasteiger partial charge in [-0.2, -0.15) is 13.2 Å². The highest BCUT2D eigenvalue weighted by Gasteiger charge is 2.38. The van der Waals surface area contributed by atoms with Crippen LogP contribution in [-0.4, -0.2) is 39.0 Å². The molecular weight excluding hydrogens is 245 g/mol. The van der Waals surface area contributed by atoms with Crippen molar-refractivity contribution in [1.29, 1.82) is 0 Å². The Hall–Kier alpha value is -0.330. The molecule has 0 bridgehead atoms. The maximum Gasteiger partial charge on any atom is 0.391 e. The van der Waals surface area contributed by atoms with Gasteiger partial charge in [0.1, 0.15) is 0 Å². The fourth-order valence-electron chi connectivity index (χ4n) is 1.75. The van der Waals surface area contributed by atoms with Gasteiger partial charge in [0.15, 0.2) is 0 Å². The number of nitrogens with one attached hydrogen (secondary N) is 1. The topological polar surface area (TPSA) is 47.3 Å². The number of alkyl halides is 3. The molecule has 0 heterocycles. The maximum atomic E-state index is 12.5. The third-order valence-corrected chi connectivity index (χ3v) is 3.12. The van der Waals surface area contributed by atoms with Gasteiger partial charge >= 0.3 is 6.18 Å². The highest BCUT2D eigenvalue weighted by atomic mass is 19.4. The number of hydrogen-bond donors (Lipinski definition) is 2. The summed E-state index contributed by atoms with van der Waals surface area (Å²) in [6, 6.07) is 0. The van der Waals surface area contributed by atoms with E-state index < -0.39 is 12.1 Å². The van der Waals surface area contributed by atoms with Crippen molar-refractivity contribution in [3.05, 3.63) is 0 Å². The molecule has 18 heavy (non-hydrogen) atoms. The summed E-state index contributed by atoms with van der Waals surface area (Å²) in [7, 11) is 0. The summed E-state index contributed by atoms with van der Waals surface area (Å²) >= 11 is 0. The van der Waals surface area contributed by atoms with Gasteiger partial charge in [0.05, 0.1) is 12.5 Å². The third kappa shape index (κ3) is 7.18. The van der Waals surface area contributed by atoms with Crippen LogP contribution in [0.3, 0.4) is 0 Å². The van der Waals surface area contributed by atoms with E-state index in [9.17, 15) is 13.2 Å². The lowest BCUT2D eigenvalue weighted by Gasteiger charge is -2.19. The Bertz CT molecular complexity index is 220. The minimum absolute atomic E-state index is 0.00333. The van der Waals surface area contributed by atoms with Crippen LogP contribution < -0.4 is 11.1 Å². The van der Waals surface area contributed by atoms with Gasteiger partial charge in [0.25, 0.3) is 0 Å². The molecule has 0 aliphatic heterocycles. The van der Waals surface area contributed by atoms with E-state index in [1.165, 1.54) is 12.8 Å². The van der Waals surface area contributed by atoms with Crippen molar-refractivity contribution < 1.29 is 17.9 Å². The average Bonchev–Trinajstić information content (AvgIpc) is 3.08. The van der Waals surface area contributed by atoms with Gasteiger partial charge in [-0.15, -0.1) is 0 Å². The van der Waals surface area contributed by atoms with Crippen molar-refractivity contribution in [1.82, 2.24) is 5.32 Å². The molecule has 0 amide bonds. The quantitative estimate of drug-likeness (QED) is 0.595. The minimum Gasteiger partial charge on any atom is -0.380 e. The van der Waals surface area contributed by atoms with E-state index in [1.807, 2.05) is 0 Å². The van der Waals surface area contributed by atoms with Crippen LogP contribution in [0.1, 0.15) is 25.7 Å². The Morgan fingerprint density at radius 1 is 1.22 bits per heavy atom. The second-order valence-electron chi connectivity index (χ2n) is 4.87. The molecule has 0 aromatic carbocycles. The second kappa shape index (κ2) is 7.96. The Morgan fingerprint density at radius 3 is 2.50 bits per heavy atom. The van der Waals surface area contributed by atoms with Crippen LogP contribution in [0.2, 0.25) is 0 Å². The van der Waals surface area contributed by atoms with E-state index in [-0.39, 0.29) is 19.4 Å². The van der Waals surface area contributed by atoms with E-state index in [0.29, 0.717) is 19.7 Å². The number of ether oxygens (including phenoxy) is 1. The molecule has 1 unspecified atom stereocenters. The van der Waals surface area contributed by atoms with E-state index in [1.54, 1.807) is 0 Å². The summed E-state index contributed by atoms with van der Waals surface area (Å²) in [4.78, 5) is 0. The van der Waals surface area contributed by atoms with Crippen LogP contribution in [0.25, 0.3) is 0 Å². The van der Waals surface area contributed by atoms with Crippen molar-refractivity contribution in [2.75, 3.05) is 32.8 Å². The zero-order chi connectivity index (χ0) is 13.4. The molecule has 1 fully saturated rings. The molecule has 108 valence electrons. The maximum absolute atomic E-state index is 12.5. The van der Waals surface area contributed by atoms with Crippen molar-refractivity contribution in [3.63, 3.8) is 0 Å². The summed E-state index contributed by atoms with van der Waals surface area (Å²) in [6.45, 7) is 2.41. The first-order valence-corrected chi connectivity index (χ1v) is 6.59. The fourth-order valence-corrected chi connectivity index (χ4v) is 1.75. The predicted octanol–water partition coefficient (Wildman–Crippen LogP) is 1.92. The molecule has 1 aliphatic carbocycles. The molecule has 0 radical (unpaired) electrons. The SMILES string of the molecule is NCCC(CCNCCOCC1CC1)C(F)(F)F. The van der Waals surface area contributed by atoms with E-state index in [0.717, 1.165) is 12.5 Å². The smallest absolute Gasteiger partial charge is 0.380 e. The van der Waals surface area contributed by atoms with Gasteiger partial charge < -0.3 is 15.8 Å². The first-order valence-electron chi connectivity index (χ1n) is 6.59. The number of rotatable bonds is 10. The molecule has 6 heteroatoms. The Balaban J connectivity index is 1.96. The van der Waals surface area contributed by atoms with Crippen molar-refractivity contribution >= 4 is 0 Å². The zero-order valence-electron chi connectivity index (χ0n) is 10.6. The summed E-state index contributed by atoms with van der Waals surface area (Å²) in [5, 5.41) is 2.97. The molecule has 1 atom stereocenters. The van der Waals surface area contributed by atoms with Gasteiger partial charge in [-0.25, -0.2) is 0 Å². The van der Waals surface area contributed by atoms with Crippen molar-refractivity contribution in [3.8, 4) is 0 Å². The standard InChI is InChI=1S/C12H23F3N2O/c13-12(14,15)11(3-5-16)4-6-17-7-8-18-9-10-1-2-10/h10-11,17H,1-9,16H2. The minimum atomic E-state index is -4.14. The lowest BCUT2D eigenvalue weighted by atomic mass is 10.0. The summed E-state index contributed by atoms with van der Waals surface area (Å²) in [5.41, 5.74) is 5.19. The predicted molar refractivity (Wildman–Crippen MR) is 64.2 cm³/mol. The molecule has 1 aliphatic rings. The fraction of sp³-hybridized carbons (Fsp3) is 1.00. The molecule has 0 aromatic rings. The van der Waals surface area contributed by atoms with E-state index >= 15 is 0 Å². The van der Waals surface area contributed by atoms with Gasteiger partial charge in [-0.05, 0) is 44.7 Å². The number of hydrogen-bond acceptors (Lipinski definition) is 3. The van der Waals surface area contributed by atoms with Crippen molar-refractivity contribution in [2.45, 2.75) is 31.9 Å². The molecule has 0 spiro atoms. The zero-order valence-corrected chi connectivity index (χ0v) is 10.6. The Kier molecular flexibility index (Phi) is 6.96. The Morgan fingerprint density at radius 2 is 1.94 bits per heavy atom. The first-order chi connectivity index (χ1) is 8.54. The molecule has 1 rings (SSSR count). The lowest BCUT2D eigenvalue weighted by Crippen LogP contribution is -2.30. The number of nitrogens with two attached hydrogens (primary N) is 1. The lowest BCUT2D eigenvalue weighted by molar-refractivity contribution is -0.177. The van der Waals surface area contributed by atoms with Crippen molar-refractivity contribution in [2.24, 2.45) is 17.6 Å². The molecule has 3 nitrogen and oxygen atoms in total. The normalized spacial score (nSPS) is 18.0. The highest BCUT2D eigenvalue weighted by molar-refractivity contribution is 4.72. The van der Waals surface area contributed by atoms with Gasteiger partial charge in [0, 0.05) is 13.2 Å². The molecule has 0 saturated heterocycles. The first kappa shape index (κ1) is 15.7. The molecular formula is C12H23F3N2O. The largest absolute Gasteiger partial charge is 0.391 e. The van der Waals surface area contributed by atoms with Crippen LogP contribution in [0.5, 0.6) is 0 Å². The van der Waals surface area contributed by atoms with E-state index in [4.69, 9.17) is 10.5 Å². The average molecular weight is 268 g/mol. The summed E-state index contributed by atoms with van der Waals surface area (Å²) in [5.74, 6) is -0.563. The molecule has 3 N–H and O–H groups in total. The van der Waals surface area contributed by atoms with Crippen LogP contribution in [0.15, 0.2) is 0 Å². The van der Waals surface area contributed by atoms with Gasteiger partial charge in [0.2, 0.25) is 0 Å². The second-order valence-corrected chi connectivity index (χ2v) is 4.87. The van der Waals surface area contributed by atoms with Gasteiger partial charge in [-0.1, -0.05) is 0 Å². The summed E-state index contributed by atoms with van der Waals surface area (Å²) < 4.78 is 42.9. The third-order valence-electron chi connectivity index (χ3n) is 3.12. The summed E-state index contributed by atoms with van der Waals surface area (Å²) in [6.07, 6.45) is -1.55. The Labute approximate surface area is 106 Å².